The molecule has 3 rings (SSSR count). The smallest absolute Gasteiger partial charge is 0.331 e. The lowest BCUT2D eigenvalue weighted by Crippen LogP contribution is -2.43. The first-order chi connectivity index (χ1) is 13.9. The molecule has 1 aliphatic carbocycles. The minimum atomic E-state index is -0.945. The number of carbonyl (C=O) groups is 3. The number of hydrogen-bond donors (Lipinski definition) is 2. The molecule has 10 nitrogen and oxygen atoms in total. The van der Waals surface area contributed by atoms with Crippen molar-refractivity contribution in [1.29, 1.82) is 0 Å². The second-order valence-electron chi connectivity index (χ2n) is 6.59. The van der Waals surface area contributed by atoms with E-state index >= 15 is 0 Å². The van der Waals surface area contributed by atoms with Crippen molar-refractivity contribution >= 4 is 17.9 Å². The topological polar surface area (TPSA) is 128 Å². The molecule has 1 aliphatic rings. The van der Waals surface area contributed by atoms with Crippen LogP contribution in [0.4, 0.5) is 4.79 Å². The molecular weight excluding hydrogens is 380 g/mol. The largest absolute Gasteiger partial charge is 0.454 e. The Bertz CT molecular complexity index is 1020. The summed E-state index contributed by atoms with van der Waals surface area (Å²) in [7, 11) is 0. The molecular formula is C19H20N4O6. The van der Waals surface area contributed by atoms with E-state index in [1.807, 2.05) is 35.6 Å². The summed E-state index contributed by atoms with van der Waals surface area (Å²) in [5.41, 5.74) is -0.486. The zero-order valence-electron chi connectivity index (χ0n) is 15.5. The number of esters is 1. The van der Waals surface area contributed by atoms with E-state index in [2.05, 4.69) is 5.32 Å². The molecule has 0 spiro atoms. The molecule has 1 fully saturated rings. The van der Waals surface area contributed by atoms with Crippen molar-refractivity contribution in [3.05, 3.63) is 69.0 Å². The van der Waals surface area contributed by atoms with Gasteiger partial charge in [0.05, 0.1) is 6.54 Å². The quantitative estimate of drug-likeness (QED) is 0.608. The number of nitrogens with one attached hydrogen (secondary N) is 2. The molecule has 3 amide bonds. The van der Waals surface area contributed by atoms with Gasteiger partial charge in [-0.05, 0) is 18.4 Å². The fourth-order valence-corrected chi connectivity index (χ4v) is 2.54. The number of imide groups is 1. The molecule has 2 N–H and O–H groups in total. The van der Waals surface area contributed by atoms with Crippen LogP contribution in [0.15, 0.2) is 52.2 Å². The molecule has 1 aromatic carbocycles. The van der Waals surface area contributed by atoms with Crippen LogP contribution in [0.2, 0.25) is 0 Å². The third-order valence-corrected chi connectivity index (χ3v) is 4.15. The highest BCUT2D eigenvalue weighted by Gasteiger charge is 2.24. The van der Waals surface area contributed by atoms with Crippen molar-refractivity contribution in [2.45, 2.75) is 32.0 Å². The first kappa shape index (κ1) is 20.1. The molecule has 1 saturated carbocycles. The summed E-state index contributed by atoms with van der Waals surface area (Å²) in [6.07, 6.45) is 3.08. The van der Waals surface area contributed by atoms with E-state index in [0.29, 0.717) is 0 Å². The number of nitrogens with zero attached hydrogens (tertiary/aromatic N) is 2. The number of urea groups is 1. The van der Waals surface area contributed by atoms with Gasteiger partial charge in [0.2, 0.25) is 0 Å². The van der Waals surface area contributed by atoms with Crippen LogP contribution < -0.4 is 21.9 Å². The van der Waals surface area contributed by atoms with Gasteiger partial charge in [-0.1, -0.05) is 30.3 Å². The Hall–Kier alpha value is -3.69. The van der Waals surface area contributed by atoms with Gasteiger partial charge in [-0.25, -0.2) is 14.2 Å². The Labute approximate surface area is 165 Å². The van der Waals surface area contributed by atoms with Gasteiger partial charge < -0.3 is 10.1 Å². The Morgan fingerprint density at radius 1 is 1.07 bits per heavy atom. The fourth-order valence-electron chi connectivity index (χ4n) is 2.54. The van der Waals surface area contributed by atoms with Gasteiger partial charge in [0.15, 0.2) is 6.61 Å². The predicted molar refractivity (Wildman–Crippen MR) is 101 cm³/mol. The molecule has 152 valence electrons. The van der Waals surface area contributed by atoms with Gasteiger partial charge in [0.25, 0.3) is 11.5 Å². The molecule has 0 saturated heterocycles. The van der Waals surface area contributed by atoms with Crippen LogP contribution in [-0.4, -0.2) is 39.7 Å². The average Bonchev–Trinajstić information content (AvgIpc) is 3.50. The summed E-state index contributed by atoms with van der Waals surface area (Å²) in [6.45, 7) is -1.11. The standard InChI is InChI=1S/C19H20N4O6/c24-15(21-18(27)20-14-6-7-14)12-29-17(26)11-23-16(25)8-9-22(19(23)28)10-13-4-2-1-3-5-13/h1-5,8-9,14H,6-7,10-12H2,(H2,20,21,24,27). The first-order valence-electron chi connectivity index (χ1n) is 9.02. The van der Waals surface area contributed by atoms with E-state index in [1.165, 1.54) is 16.8 Å². The lowest BCUT2D eigenvalue weighted by atomic mass is 10.2. The van der Waals surface area contributed by atoms with Crippen LogP contribution in [0.3, 0.4) is 0 Å². The summed E-state index contributed by atoms with van der Waals surface area (Å²) >= 11 is 0. The number of ether oxygens (including phenoxy) is 1. The molecule has 2 aromatic rings. The first-order valence-corrected chi connectivity index (χ1v) is 9.02. The number of aromatic nitrogens is 2. The summed E-state index contributed by atoms with van der Waals surface area (Å²) in [6, 6.07) is 9.74. The van der Waals surface area contributed by atoms with Crippen molar-refractivity contribution in [1.82, 2.24) is 19.8 Å². The van der Waals surface area contributed by atoms with E-state index in [-0.39, 0.29) is 12.6 Å². The monoisotopic (exact) mass is 400 g/mol. The molecule has 10 heteroatoms. The maximum atomic E-state index is 12.5. The minimum Gasteiger partial charge on any atom is -0.454 e. The van der Waals surface area contributed by atoms with Crippen molar-refractivity contribution in [3.8, 4) is 0 Å². The van der Waals surface area contributed by atoms with Gasteiger partial charge in [-0.2, -0.15) is 0 Å². The molecule has 0 aliphatic heterocycles. The number of rotatable bonds is 7. The minimum absolute atomic E-state index is 0.0772. The molecule has 29 heavy (non-hydrogen) atoms. The van der Waals surface area contributed by atoms with E-state index in [4.69, 9.17) is 4.74 Å². The molecule has 0 radical (unpaired) electrons. The third-order valence-electron chi connectivity index (χ3n) is 4.15. The zero-order valence-corrected chi connectivity index (χ0v) is 15.5. The van der Waals surface area contributed by atoms with Gasteiger partial charge in [0.1, 0.15) is 6.54 Å². The lowest BCUT2D eigenvalue weighted by Gasteiger charge is -2.10. The molecule has 0 atom stereocenters. The predicted octanol–water partition coefficient (Wildman–Crippen LogP) is -0.410. The summed E-state index contributed by atoms with van der Waals surface area (Å²) in [5, 5.41) is 4.58. The number of benzene rings is 1. The van der Waals surface area contributed by atoms with Crippen LogP contribution in [-0.2, 0) is 27.4 Å². The maximum absolute atomic E-state index is 12.5. The van der Waals surface area contributed by atoms with Gasteiger partial charge in [-0.15, -0.1) is 0 Å². The number of amides is 3. The fraction of sp³-hybridized carbons (Fsp3) is 0.316. The van der Waals surface area contributed by atoms with Crippen molar-refractivity contribution in [3.63, 3.8) is 0 Å². The number of carbonyl (C=O) groups excluding carboxylic acids is 3. The summed E-state index contributed by atoms with van der Waals surface area (Å²) in [4.78, 5) is 59.5. The van der Waals surface area contributed by atoms with Crippen LogP contribution >= 0.6 is 0 Å². The highest BCUT2D eigenvalue weighted by Crippen LogP contribution is 2.18. The van der Waals surface area contributed by atoms with Gasteiger partial charge in [0, 0.05) is 18.3 Å². The Morgan fingerprint density at radius 3 is 2.48 bits per heavy atom. The third kappa shape index (κ3) is 5.89. The SMILES string of the molecule is O=C(COC(=O)Cn1c(=O)ccn(Cc2ccccc2)c1=O)NC(=O)NC1CC1. The molecule has 0 unspecified atom stereocenters. The van der Waals surface area contributed by atoms with E-state index in [0.717, 1.165) is 23.0 Å². The molecule has 0 bridgehead atoms. The second-order valence-corrected chi connectivity index (χ2v) is 6.59. The van der Waals surface area contributed by atoms with E-state index in [1.54, 1.807) is 0 Å². The summed E-state index contributed by atoms with van der Waals surface area (Å²) in [5.74, 6) is -1.75. The molecule has 1 heterocycles. The van der Waals surface area contributed by atoms with Crippen LogP contribution in [0.25, 0.3) is 0 Å². The summed E-state index contributed by atoms with van der Waals surface area (Å²) < 4.78 is 6.77. The zero-order chi connectivity index (χ0) is 20.8. The van der Waals surface area contributed by atoms with Gasteiger partial charge in [-0.3, -0.25) is 24.3 Å². The lowest BCUT2D eigenvalue weighted by molar-refractivity contribution is -0.149. The maximum Gasteiger partial charge on any atom is 0.331 e. The average molecular weight is 400 g/mol. The van der Waals surface area contributed by atoms with Crippen molar-refractivity contribution < 1.29 is 19.1 Å². The van der Waals surface area contributed by atoms with E-state index < -0.39 is 42.3 Å². The molecule has 1 aromatic heterocycles. The highest BCUT2D eigenvalue weighted by atomic mass is 16.5. The van der Waals surface area contributed by atoms with Crippen molar-refractivity contribution in [2.75, 3.05) is 6.61 Å². The van der Waals surface area contributed by atoms with Gasteiger partial charge >= 0.3 is 17.7 Å². The van der Waals surface area contributed by atoms with Crippen LogP contribution in [0, 0.1) is 0 Å². The Kier molecular flexibility index (Phi) is 6.22. The van der Waals surface area contributed by atoms with Crippen molar-refractivity contribution in [2.24, 2.45) is 0 Å². The Balaban J connectivity index is 1.57. The number of hydrogen-bond acceptors (Lipinski definition) is 6. The second kappa shape index (κ2) is 9.00. The van der Waals surface area contributed by atoms with E-state index in [9.17, 15) is 24.0 Å². The normalized spacial score (nSPS) is 12.8. The van der Waals surface area contributed by atoms with Crippen LogP contribution in [0.1, 0.15) is 18.4 Å². The van der Waals surface area contributed by atoms with Crippen LogP contribution in [0.5, 0.6) is 0 Å². The highest BCUT2D eigenvalue weighted by molar-refractivity contribution is 5.95. The Morgan fingerprint density at radius 2 is 1.79 bits per heavy atom.